The van der Waals surface area contributed by atoms with Crippen LogP contribution in [0.2, 0.25) is 0 Å². The first-order valence-electron chi connectivity index (χ1n) is 5.36. The molecule has 80 valence electrons. The van der Waals surface area contributed by atoms with Crippen molar-refractivity contribution in [2.24, 2.45) is 0 Å². The normalized spacial score (nSPS) is 11.4. The smallest absolute Gasteiger partial charge is 0.188 e. The Kier molecular flexibility index (Phi) is 2.40. The van der Waals surface area contributed by atoms with E-state index in [1.165, 1.54) is 15.0 Å². The van der Waals surface area contributed by atoms with Crippen LogP contribution in [0, 0.1) is 6.57 Å². The molecule has 0 aliphatic carbocycles. The zero-order valence-corrected chi connectivity index (χ0v) is 9.95. The number of hydrogen-bond donors (Lipinski definition) is 0. The van der Waals surface area contributed by atoms with E-state index in [0.717, 1.165) is 0 Å². The Bertz CT molecular complexity index is 705. The number of thiophene rings is 1. The fourth-order valence-electron chi connectivity index (χ4n) is 1.92. The van der Waals surface area contributed by atoms with Crippen LogP contribution in [0.4, 0.5) is 5.69 Å². The summed E-state index contributed by atoms with van der Waals surface area (Å²) < 4.78 is 1.32. The fourth-order valence-corrected chi connectivity index (χ4v) is 3.81. The second-order valence-electron chi connectivity index (χ2n) is 3.79. The molecule has 17 heavy (non-hydrogen) atoms. The van der Waals surface area contributed by atoms with Gasteiger partial charge in [0.1, 0.15) is 5.38 Å². The summed E-state index contributed by atoms with van der Waals surface area (Å²) in [4.78, 5) is 4.80. The average molecular weight is 236 g/mol. The molecule has 0 spiro atoms. The number of rotatable bonds is 1. The van der Waals surface area contributed by atoms with E-state index in [4.69, 9.17) is 6.57 Å². The van der Waals surface area contributed by atoms with Gasteiger partial charge in [-0.25, -0.2) is 4.85 Å². The Balaban J connectivity index is 2.23. The van der Waals surface area contributed by atoms with E-state index < -0.39 is 0 Å². The topological polar surface area (TPSA) is 4.36 Å². The lowest BCUT2D eigenvalue weighted by Gasteiger charge is -1.91. The van der Waals surface area contributed by atoms with E-state index >= 15 is 0 Å². The lowest BCUT2D eigenvalue weighted by Crippen LogP contribution is -1.67. The Morgan fingerprint density at radius 2 is 1.76 bits per heavy atom. The SMILES string of the molecule is [C-]#[N+]c1ccc2c(cc[s+]2-c2ccccc2)c1. The van der Waals surface area contributed by atoms with E-state index in [1.54, 1.807) is 0 Å². The number of nitrogens with zero attached hydrogens (tertiary/aromatic N) is 1. The minimum atomic E-state index is 0.0407. The van der Waals surface area contributed by atoms with Crippen LogP contribution < -0.4 is 0 Å². The maximum Gasteiger partial charge on any atom is 0.188 e. The van der Waals surface area contributed by atoms with Crippen molar-refractivity contribution >= 4 is 26.2 Å². The second kappa shape index (κ2) is 4.04. The van der Waals surface area contributed by atoms with Gasteiger partial charge >= 0.3 is 0 Å². The van der Waals surface area contributed by atoms with Gasteiger partial charge in [0, 0.05) is 21.9 Å². The monoisotopic (exact) mass is 236 g/mol. The van der Waals surface area contributed by atoms with Crippen LogP contribution >= 0.6 is 10.5 Å². The van der Waals surface area contributed by atoms with E-state index in [-0.39, 0.29) is 10.5 Å². The molecular formula is C15H10NS+. The summed E-state index contributed by atoms with van der Waals surface area (Å²) in [6, 6.07) is 18.6. The third-order valence-corrected chi connectivity index (χ3v) is 4.77. The summed E-state index contributed by atoms with van der Waals surface area (Å²) >= 11 is 0. The maximum atomic E-state index is 7.02. The van der Waals surface area contributed by atoms with Crippen molar-refractivity contribution in [1.29, 1.82) is 0 Å². The Hall–Kier alpha value is -2.11. The van der Waals surface area contributed by atoms with Crippen LogP contribution in [0.25, 0.3) is 19.8 Å². The van der Waals surface area contributed by atoms with Crippen LogP contribution in [-0.2, 0) is 0 Å². The van der Waals surface area contributed by atoms with Gasteiger partial charge in [0.15, 0.2) is 15.3 Å². The van der Waals surface area contributed by atoms with Crippen molar-refractivity contribution in [1.82, 2.24) is 0 Å². The van der Waals surface area contributed by atoms with Crippen LogP contribution in [0.5, 0.6) is 0 Å². The van der Waals surface area contributed by atoms with Crippen molar-refractivity contribution in [3.05, 3.63) is 71.4 Å². The first kappa shape index (κ1) is 10.1. The van der Waals surface area contributed by atoms with Crippen molar-refractivity contribution in [3.8, 4) is 4.90 Å². The van der Waals surface area contributed by atoms with Crippen LogP contribution in [0.1, 0.15) is 0 Å². The van der Waals surface area contributed by atoms with Gasteiger partial charge < -0.3 is 0 Å². The molecule has 0 amide bonds. The van der Waals surface area contributed by atoms with E-state index in [0.29, 0.717) is 5.69 Å². The molecule has 0 fully saturated rings. The van der Waals surface area contributed by atoms with Gasteiger partial charge in [0.05, 0.1) is 6.57 Å². The predicted molar refractivity (Wildman–Crippen MR) is 74.0 cm³/mol. The Morgan fingerprint density at radius 1 is 0.941 bits per heavy atom. The highest BCUT2D eigenvalue weighted by Crippen LogP contribution is 2.40. The predicted octanol–water partition coefficient (Wildman–Crippen LogP) is 5.13. The molecule has 0 bridgehead atoms. The highest BCUT2D eigenvalue weighted by Gasteiger charge is 2.14. The molecule has 1 heterocycles. The van der Waals surface area contributed by atoms with Gasteiger partial charge in [-0.15, -0.1) is 0 Å². The molecule has 3 rings (SSSR count). The first-order valence-corrected chi connectivity index (χ1v) is 6.65. The summed E-state index contributed by atoms with van der Waals surface area (Å²) in [6.07, 6.45) is 0. The molecule has 0 saturated heterocycles. The molecule has 1 unspecified atom stereocenters. The Labute approximate surface area is 103 Å². The molecule has 0 aliphatic rings. The van der Waals surface area contributed by atoms with Gasteiger partial charge in [-0.1, -0.05) is 24.3 Å². The lowest BCUT2D eigenvalue weighted by molar-refractivity contribution is 1.76. The van der Waals surface area contributed by atoms with E-state index in [1.807, 2.05) is 18.2 Å². The largest absolute Gasteiger partial charge is 0.238 e. The van der Waals surface area contributed by atoms with Gasteiger partial charge in [-0.05, 0) is 24.3 Å². The highest BCUT2D eigenvalue weighted by atomic mass is 32.2. The van der Waals surface area contributed by atoms with Gasteiger partial charge in [0.25, 0.3) is 0 Å². The zero-order chi connectivity index (χ0) is 11.7. The van der Waals surface area contributed by atoms with Crippen LogP contribution in [0.15, 0.2) is 60.0 Å². The van der Waals surface area contributed by atoms with E-state index in [2.05, 4.69) is 46.6 Å². The molecule has 2 heteroatoms. The van der Waals surface area contributed by atoms with Gasteiger partial charge in [0.2, 0.25) is 0 Å². The van der Waals surface area contributed by atoms with E-state index in [9.17, 15) is 0 Å². The van der Waals surface area contributed by atoms with Crippen LogP contribution in [0.3, 0.4) is 0 Å². The first-order chi connectivity index (χ1) is 8.38. The third-order valence-electron chi connectivity index (χ3n) is 2.74. The van der Waals surface area contributed by atoms with Crippen molar-refractivity contribution in [2.45, 2.75) is 0 Å². The lowest BCUT2D eigenvalue weighted by atomic mass is 10.2. The quantitative estimate of drug-likeness (QED) is 0.407. The average Bonchev–Trinajstić information content (AvgIpc) is 2.82. The molecule has 0 radical (unpaired) electrons. The second-order valence-corrected chi connectivity index (χ2v) is 5.65. The standard InChI is InChI=1S/C15H10NS/c1-16-13-7-8-15-12(11-13)9-10-17(15)14-5-3-2-4-6-14/h2-11H/q+1. The van der Waals surface area contributed by atoms with Crippen molar-refractivity contribution in [3.63, 3.8) is 0 Å². The van der Waals surface area contributed by atoms with Crippen molar-refractivity contribution in [2.75, 3.05) is 0 Å². The minimum absolute atomic E-state index is 0.0407. The number of fused-ring (bicyclic) bond motifs is 1. The molecule has 3 aromatic rings. The highest BCUT2D eigenvalue weighted by molar-refractivity contribution is 7.43. The molecule has 1 aromatic heterocycles. The third kappa shape index (κ3) is 1.71. The summed E-state index contributed by atoms with van der Waals surface area (Å²) in [6.45, 7) is 7.02. The summed E-state index contributed by atoms with van der Waals surface area (Å²) in [7, 11) is 0.0407. The summed E-state index contributed by atoms with van der Waals surface area (Å²) in [5, 5.41) is 3.42. The zero-order valence-electron chi connectivity index (χ0n) is 9.13. The fraction of sp³-hybridized carbons (Fsp3) is 0. The summed E-state index contributed by atoms with van der Waals surface area (Å²) in [5.74, 6) is 0. The molecule has 1 nitrogen and oxygen atoms in total. The molecule has 2 aromatic carbocycles. The molecular weight excluding hydrogens is 226 g/mol. The minimum Gasteiger partial charge on any atom is -0.238 e. The Morgan fingerprint density at radius 3 is 2.53 bits per heavy atom. The molecule has 0 aliphatic heterocycles. The number of benzene rings is 2. The van der Waals surface area contributed by atoms with Crippen molar-refractivity contribution < 1.29 is 0 Å². The van der Waals surface area contributed by atoms with Gasteiger partial charge in [-0.3, -0.25) is 0 Å². The van der Waals surface area contributed by atoms with Crippen LogP contribution in [-0.4, -0.2) is 0 Å². The molecule has 0 saturated carbocycles. The number of hydrogen-bond acceptors (Lipinski definition) is 0. The van der Waals surface area contributed by atoms with Gasteiger partial charge in [-0.2, -0.15) is 0 Å². The molecule has 0 N–H and O–H groups in total. The maximum absolute atomic E-state index is 7.02. The summed E-state index contributed by atoms with van der Waals surface area (Å²) in [5.41, 5.74) is 0.715. The molecule has 1 atom stereocenters.